The van der Waals surface area contributed by atoms with Crippen LogP contribution >= 0.6 is 0 Å². The van der Waals surface area contributed by atoms with E-state index >= 15 is 0 Å². The minimum atomic E-state index is -0.0566. The number of benzene rings is 1. The van der Waals surface area contributed by atoms with Crippen molar-refractivity contribution in [3.05, 3.63) is 46.1 Å². The van der Waals surface area contributed by atoms with Crippen molar-refractivity contribution in [1.82, 2.24) is 14.1 Å². The van der Waals surface area contributed by atoms with Crippen LogP contribution in [0, 0.1) is 0 Å². The van der Waals surface area contributed by atoms with Gasteiger partial charge in [-0.2, -0.15) is 0 Å². The summed E-state index contributed by atoms with van der Waals surface area (Å²) in [7, 11) is 0. The number of hydrazine groups is 1. The number of hydrogen-bond donors (Lipinski definition) is 2. The molecule has 2 heterocycles. The molecule has 7 heteroatoms. The smallest absolute Gasteiger partial charge is 0.329 e. The Morgan fingerprint density at radius 1 is 1.44 bits per heavy atom. The van der Waals surface area contributed by atoms with Crippen molar-refractivity contribution in [3.8, 4) is 0 Å². The van der Waals surface area contributed by atoms with E-state index in [9.17, 15) is 9.59 Å². The fourth-order valence-corrected chi connectivity index (χ4v) is 3.44. The second-order valence-electron chi connectivity index (χ2n) is 6.69. The predicted octanol–water partition coefficient (Wildman–Crippen LogP) is 1.27. The van der Waals surface area contributed by atoms with Gasteiger partial charge >= 0.3 is 5.69 Å². The third-order valence-electron chi connectivity index (χ3n) is 4.81. The van der Waals surface area contributed by atoms with E-state index in [1.807, 2.05) is 16.7 Å². The Kier molecular flexibility index (Phi) is 4.67. The minimum Gasteiger partial charge on any atom is -0.399 e. The van der Waals surface area contributed by atoms with E-state index in [-0.39, 0.29) is 24.6 Å². The van der Waals surface area contributed by atoms with Crippen LogP contribution in [-0.4, -0.2) is 26.5 Å². The molecule has 0 amide bonds. The van der Waals surface area contributed by atoms with E-state index in [2.05, 4.69) is 13.0 Å². The van der Waals surface area contributed by atoms with Crippen LogP contribution in [0.2, 0.25) is 0 Å². The molecule has 0 radical (unpaired) electrons. The van der Waals surface area contributed by atoms with Crippen molar-refractivity contribution in [2.45, 2.75) is 45.7 Å². The SMILES string of the molecule is CCC(=O)CN(N)/C=C(\N)Cn1c(=O)n2c3c(cccc31)C(C)CC2. The Labute approximate surface area is 146 Å². The molecule has 0 saturated carbocycles. The molecule has 0 spiro atoms. The summed E-state index contributed by atoms with van der Waals surface area (Å²) in [5, 5.41) is 1.27. The molecule has 7 nitrogen and oxygen atoms in total. The number of aromatic nitrogens is 2. The van der Waals surface area contributed by atoms with E-state index in [0.29, 0.717) is 18.0 Å². The number of imidazole rings is 1. The number of nitrogens with zero attached hydrogens (tertiary/aromatic N) is 3. The van der Waals surface area contributed by atoms with Gasteiger partial charge in [0.15, 0.2) is 5.78 Å². The van der Waals surface area contributed by atoms with Crippen molar-refractivity contribution >= 4 is 16.8 Å². The van der Waals surface area contributed by atoms with Gasteiger partial charge in [0, 0.05) is 24.9 Å². The van der Waals surface area contributed by atoms with Gasteiger partial charge < -0.3 is 10.7 Å². The van der Waals surface area contributed by atoms with Crippen molar-refractivity contribution in [2.24, 2.45) is 11.6 Å². The highest BCUT2D eigenvalue weighted by molar-refractivity contribution is 5.81. The van der Waals surface area contributed by atoms with Crippen LogP contribution in [0.15, 0.2) is 34.9 Å². The molecule has 25 heavy (non-hydrogen) atoms. The van der Waals surface area contributed by atoms with Crippen LogP contribution in [0.1, 0.15) is 38.2 Å². The monoisotopic (exact) mass is 343 g/mol. The quantitative estimate of drug-likeness (QED) is 0.608. The summed E-state index contributed by atoms with van der Waals surface area (Å²) in [6, 6.07) is 6.02. The highest BCUT2D eigenvalue weighted by Crippen LogP contribution is 2.31. The van der Waals surface area contributed by atoms with E-state index in [1.165, 1.54) is 16.8 Å². The molecular formula is C18H25N5O2. The summed E-state index contributed by atoms with van der Waals surface area (Å²) in [4.78, 5) is 24.3. The minimum absolute atomic E-state index is 0.0323. The standard InChI is InChI=1S/C18H25N5O2/c1-3-14(24)11-21(20)9-13(19)10-23-16-6-4-5-15-12(2)7-8-22(17(15)16)18(23)25/h4-6,9,12H,3,7-8,10-11,19-20H2,1-2H3/b13-9-. The fourth-order valence-electron chi connectivity index (χ4n) is 3.44. The van der Waals surface area contributed by atoms with Crippen molar-refractivity contribution in [1.29, 1.82) is 0 Å². The molecule has 1 aromatic carbocycles. The first-order valence-electron chi connectivity index (χ1n) is 8.63. The molecule has 0 bridgehead atoms. The second kappa shape index (κ2) is 6.76. The van der Waals surface area contributed by atoms with Gasteiger partial charge in [-0.25, -0.2) is 10.6 Å². The van der Waals surface area contributed by atoms with Crippen LogP contribution < -0.4 is 17.3 Å². The molecule has 4 N–H and O–H groups in total. The summed E-state index contributed by atoms with van der Waals surface area (Å²) < 4.78 is 3.51. The van der Waals surface area contributed by atoms with Crippen molar-refractivity contribution in [3.63, 3.8) is 0 Å². The average molecular weight is 343 g/mol. The largest absolute Gasteiger partial charge is 0.399 e. The lowest BCUT2D eigenvalue weighted by molar-refractivity contribution is -0.119. The maximum atomic E-state index is 12.8. The lowest BCUT2D eigenvalue weighted by Gasteiger charge is -2.20. The van der Waals surface area contributed by atoms with Gasteiger partial charge in [-0.3, -0.25) is 13.9 Å². The Morgan fingerprint density at radius 3 is 2.92 bits per heavy atom. The summed E-state index contributed by atoms with van der Waals surface area (Å²) in [5.74, 6) is 6.27. The van der Waals surface area contributed by atoms with E-state index in [4.69, 9.17) is 11.6 Å². The second-order valence-corrected chi connectivity index (χ2v) is 6.69. The van der Waals surface area contributed by atoms with Crippen molar-refractivity contribution in [2.75, 3.05) is 6.54 Å². The number of ketones is 1. The lowest BCUT2D eigenvalue weighted by Crippen LogP contribution is -2.33. The van der Waals surface area contributed by atoms with Crippen LogP contribution in [-0.2, 0) is 17.9 Å². The molecule has 134 valence electrons. The number of carbonyl (C=O) groups is 1. The molecule has 0 fully saturated rings. The molecule has 0 saturated heterocycles. The van der Waals surface area contributed by atoms with Gasteiger partial charge in [-0.05, 0) is 24.0 Å². The number of nitrogens with two attached hydrogens (primary N) is 2. The molecule has 2 aromatic rings. The zero-order chi connectivity index (χ0) is 18.1. The van der Waals surface area contributed by atoms with Crippen molar-refractivity contribution < 1.29 is 4.79 Å². The fraction of sp³-hybridized carbons (Fsp3) is 0.444. The summed E-state index contributed by atoms with van der Waals surface area (Å²) >= 11 is 0. The normalized spacial score (nSPS) is 17.1. The number of allylic oxidation sites excluding steroid dienone is 1. The Hall–Kier alpha value is -2.54. The molecule has 1 unspecified atom stereocenters. The first-order valence-corrected chi connectivity index (χ1v) is 8.63. The number of carbonyl (C=O) groups excluding carboxylic acids is 1. The zero-order valence-corrected chi connectivity index (χ0v) is 14.7. The molecular weight excluding hydrogens is 318 g/mol. The maximum absolute atomic E-state index is 12.8. The highest BCUT2D eigenvalue weighted by atomic mass is 16.1. The molecule has 1 aromatic heterocycles. The first kappa shape index (κ1) is 17.3. The number of para-hydroxylation sites is 1. The molecule has 0 aliphatic carbocycles. The highest BCUT2D eigenvalue weighted by Gasteiger charge is 2.23. The Bertz CT molecular complexity index is 893. The van der Waals surface area contributed by atoms with Crippen LogP contribution in [0.25, 0.3) is 11.0 Å². The molecule has 1 aliphatic rings. The number of rotatable bonds is 6. The van der Waals surface area contributed by atoms with Gasteiger partial charge in [0.2, 0.25) is 0 Å². The summed E-state index contributed by atoms with van der Waals surface area (Å²) in [6.45, 7) is 5.05. The summed E-state index contributed by atoms with van der Waals surface area (Å²) in [5.41, 5.74) is 9.55. The summed E-state index contributed by atoms with van der Waals surface area (Å²) in [6.07, 6.45) is 2.90. The van der Waals surface area contributed by atoms with Gasteiger partial charge in [0.1, 0.15) is 0 Å². The van der Waals surface area contributed by atoms with Crippen LogP contribution in [0.4, 0.5) is 0 Å². The van der Waals surface area contributed by atoms with Gasteiger partial charge in [0.05, 0.1) is 24.1 Å². The van der Waals surface area contributed by atoms with Gasteiger partial charge in [-0.15, -0.1) is 0 Å². The molecule has 1 atom stereocenters. The van der Waals surface area contributed by atoms with E-state index in [1.54, 1.807) is 11.5 Å². The van der Waals surface area contributed by atoms with Gasteiger partial charge in [-0.1, -0.05) is 26.0 Å². The zero-order valence-electron chi connectivity index (χ0n) is 14.7. The van der Waals surface area contributed by atoms with Crippen LogP contribution in [0.5, 0.6) is 0 Å². The average Bonchev–Trinajstić information content (AvgIpc) is 2.84. The predicted molar refractivity (Wildman–Crippen MR) is 97.7 cm³/mol. The Morgan fingerprint density at radius 2 is 2.20 bits per heavy atom. The number of aryl methyl sites for hydroxylation is 1. The third-order valence-corrected chi connectivity index (χ3v) is 4.81. The Balaban J connectivity index is 1.94. The molecule has 1 aliphatic heterocycles. The van der Waals surface area contributed by atoms with E-state index < -0.39 is 0 Å². The maximum Gasteiger partial charge on any atom is 0.329 e. The lowest BCUT2D eigenvalue weighted by atomic mass is 9.94. The number of Topliss-reactive ketones (excluding diaryl/α,β-unsaturated/α-hetero) is 1. The van der Waals surface area contributed by atoms with Crippen LogP contribution in [0.3, 0.4) is 0 Å². The third kappa shape index (κ3) is 3.19. The van der Waals surface area contributed by atoms with E-state index in [0.717, 1.165) is 24.0 Å². The number of hydrogen-bond acceptors (Lipinski definition) is 5. The topological polar surface area (TPSA) is 99.3 Å². The van der Waals surface area contributed by atoms with Gasteiger partial charge in [0.25, 0.3) is 0 Å². The first-order chi connectivity index (χ1) is 11.9. The molecule has 3 rings (SSSR count).